The lowest BCUT2D eigenvalue weighted by atomic mass is 10.1. The van der Waals surface area contributed by atoms with Gasteiger partial charge in [0, 0.05) is 6.54 Å². The first-order chi connectivity index (χ1) is 10.9. The molecule has 120 valence electrons. The maximum Gasteiger partial charge on any atom is 0.240 e. The highest BCUT2D eigenvalue weighted by atomic mass is 32.2. The van der Waals surface area contributed by atoms with Crippen molar-refractivity contribution in [2.24, 2.45) is 0 Å². The lowest BCUT2D eigenvalue weighted by Gasteiger charge is -2.13. The van der Waals surface area contributed by atoms with E-state index in [1.807, 2.05) is 24.3 Å². The summed E-state index contributed by atoms with van der Waals surface area (Å²) in [5, 5.41) is 18.9. The quantitative estimate of drug-likeness (QED) is 0.850. The van der Waals surface area contributed by atoms with Crippen LogP contribution in [0.5, 0.6) is 0 Å². The highest BCUT2D eigenvalue weighted by molar-refractivity contribution is 7.89. The second-order valence-corrected chi connectivity index (χ2v) is 6.94. The van der Waals surface area contributed by atoms with E-state index in [9.17, 15) is 13.5 Å². The smallest absolute Gasteiger partial charge is 0.240 e. The third kappa shape index (κ3) is 4.39. The zero-order valence-electron chi connectivity index (χ0n) is 12.7. The van der Waals surface area contributed by atoms with Crippen LogP contribution < -0.4 is 4.72 Å². The van der Waals surface area contributed by atoms with Gasteiger partial charge in [-0.25, -0.2) is 13.1 Å². The zero-order chi connectivity index (χ0) is 16.9. The van der Waals surface area contributed by atoms with Gasteiger partial charge in [-0.2, -0.15) is 5.26 Å². The molecule has 0 saturated carbocycles. The predicted octanol–water partition coefficient (Wildman–Crippen LogP) is 2.27. The molecule has 0 aliphatic carbocycles. The van der Waals surface area contributed by atoms with Crippen LogP contribution >= 0.6 is 0 Å². The number of hydrogen-bond donors (Lipinski definition) is 2. The van der Waals surface area contributed by atoms with Gasteiger partial charge >= 0.3 is 0 Å². The van der Waals surface area contributed by atoms with Crippen molar-refractivity contribution in [2.45, 2.75) is 24.3 Å². The fourth-order valence-corrected chi connectivity index (χ4v) is 3.52. The molecule has 2 rings (SSSR count). The van der Waals surface area contributed by atoms with E-state index >= 15 is 0 Å². The van der Waals surface area contributed by atoms with E-state index in [0.29, 0.717) is 11.1 Å². The van der Waals surface area contributed by atoms with Crippen LogP contribution in [0.25, 0.3) is 0 Å². The van der Waals surface area contributed by atoms with Gasteiger partial charge in [-0.3, -0.25) is 0 Å². The fourth-order valence-electron chi connectivity index (χ4n) is 2.21. The Labute approximate surface area is 136 Å². The summed E-state index contributed by atoms with van der Waals surface area (Å²) in [6.45, 7) is 1.78. The topological polar surface area (TPSA) is 90.2 Å². The molecule has 1 atom stereocenters. The number of nitriles is 1. The van der Waals surface area contributed by atoms with Gasteiger partial charge in [0.05, 0.1) is 22.6 Å². The van der Waals surface area contributed by atoms with Crippen LogP contribution in [0.1, 0.15) is 29.2 Å². The lowest BCUT2D eigenvalue weighted by molar-refractivity contribution is 0.169. The van der Waals surface area contributed by atoms with Crippen molar-refractivity contribution in [1.29, 1.82) is 5.26 Å². The Morgan fingerprint density at radius 1 is 1.22 bits per heavy atom. The molecule has 0 amide bonds. The predicted molar refractivity (Wildman–Crippen MR) is 87.1 cm³/mol. The Bertz CT molecular complexity index is 811. The molecule has 0 unspecified atom stereocenters. The van der Waals surface area contributed by atoms with Crippen LogP contribution in [0.15, 0.2) is 53.4 Å². The Morgan fingerprint density at radius 2 is 1.91 bits per heavy atom. The average molecular weight is 330 g/mol. The summed E-state index contributed by atoms with van der Waals surface area (Å²) >= 11 is 0. The largest absolute Gasteiger partial charge is 0.388 e. The summed E-state index contributed by atoms with van der Waals surface area (Å²) < 4.78 is 27.1. The SMILES string of the molecule is Cc1ccc(C#N)cc1S(=O)(=O)NCC[C@@H](O)c1ccccc1. The molecule has 0 heterocycles. The van der Waals surface area contributed by atoms with Gasteiger partial charge in [0.25, 0.3) is 0 Å². The zero-order valence-corrected chi connectivity index (χ0v) is 13.5. The number of nitrogens with zero attached hydrogens (tertiary/aromatic N) is 1. The molecule has 5 nitrogen and oxygen atoms in total. The number of benzene rings is 2. The number of aryl methyl sites for hydroxylation is 1. The van der Waals surface area contributed by atoms with Gasteiger partial charge in [-0.15, -0.1) is 0 Å². The second kappa shape index (κ2) is 7.38. The van der Waals surface area contributed by atoms with Crippen molar-refractivity contribution >= 4 is 10.0 Å². The molecule has 2 aromatic rings. The van der Waals surface area contributed by atoms with Gasteiger partial charge in [0.1, 0.15) is 0 Å². The molecular formula is C17H18N2O3S. The molecule has 6 heteroatoms. The minimum atomic E-state index is -3.71. The first-order valence-corrected chi connectivity index (χ1v) is 8.66. The Kier molecular flexibility index (Phi) is 5.50. The molecule has 0 bridgehead atoms. The van der Waals surface area contributed by atoms with Crippen molar-refractivity contribution in [1.82, 2.24) is 4.72 Å². The van der Waals surface area contributed by atoms with E-state index in [1.165, 1.54) is 6.07 Å². The first kappa shape index (κ1) is 17.2. The third-order valence-electron chi connectivity index (χ3n) is 3.50. The molecule has 2 N–H and O–H groups in total. The van der Waals surface area contributed by atoms with Crippen LogP contribution in [0.3, 0.4) is 0 Å². The van der Waals surface area contributed by atoms with Crippen molar-refractivity contribution in [2.75, 3.05) is 6.54 Å². The fraction of sp³-hybridized carbons (Fsp3) is 0.235. The van der Waals surface area contributed by atoms with E-state index in [-0.39, 0.29) is 17.9 Å². The third-order valence-corrected chi connectivity index (χ3v) is 5.10. The molecule has 0 aliphatic rings. The van der Waals surface area contributed by atoms with Crippen LogP contribution in [0.4, 0.5) is 0 Å². The molecule has 23 heavy (non-hydrogen) atoms. The average Bonchev–Trinajstić information content (AvgIpc) is 2.55. The summed E-state index contributed by atoms with van der Waals surface area (Å²) in [4.78, 5) is 0.0887. The highest BCUT2D eigenvalue weighted by Gasteiger charge is 2.18. The van der Waals surface area contributed by atoms with Gasteiger partial charge in [-0.05, 0) is 36.6 Å². The number of aliphatic hydroxyl groups is 1. The standard InChI is InChI=1S/C17H18N2O3S/c1-13-7-8-14(12-18)11-17(13)23(21,22)19-10-9-16(20)15-5-3-2-4-6-15/h2-8,11,16,19-20H,9-10H2,1H3/t16-/m1/s1. The summed E-state index contributed by atoms with van der Waals surface area (Å²) in [6.07, 6.45) is -0.467. The van der Waals surface area contributed by atoms with Gasteiger partial charge < -0.3 is 5.11 Å². The number of aliphatic hydroxyl groups excluding tert-OH is 1. The van der Waals surface area contributed by atoms with Gasteiger partial charge in [0.2, 0.25) is 10.0 Å². The summed E-state index contributed by atoms with van der Waals surface area (Å²) in [5.41, 5.74) is 1.61. The van der Waals surface area contributed by atoms with Crippen molar-refractivity contribution < 1.29 is 13.5 Å². The number of sulfonamides is 1. The lowest BCUT2D eigenvalue weighted by Crippen LogP contribution is -2.26. The van der Waals surface area contributed by atoms with Crippen molar-refractivity contribution in [3.63, 3.8) is 0 Å². The maximum absolute atomic E-state index is 12.3. The summed E-state index contributed by atoms with van der Waals surface area (Å²) in [6, 6.07) is 15.5. The minimum Gasteiger partial charge on any atom is -0.388 e. The molecule has 0 radical (unpaired) electrons. The van der Waals surface area contributed by atoms with E-state index in [1.54, 1.807) is 31.2 Å². The van der Waals surface area contributed by atoms with Crippen LogP contribution in [-0.2, 0) is 10.0 Å². The van der Waals surface area contributed by atoms with Gasteiger partial charge in [-0.1, -0.05) is 36.4 Å². The molecule has 0 fully saturated rings. The van der Waals surface area contributed by atoms with E-state index in [0.717, 1.165) is 5.56 Å². The molecular weight excluding hydrogens is 312 g/mol. The van der Waals surface area contributed by atoms with E-state index in [4.69, 9.17) is 5.26 Å². The molecule has 0 saturated heterocycles. The van der Waals surface area contributed by atoms with Crippen LogP contribution in [0, 0.1) is 18.3 Å². The summed E-state index contributed by atoms with van der Waals surface area (Å²) in [5.74, 6) is 0. The molecule has 2 aromatic carbocycles. The normalized spacial score (nSPS) is 12.6. The van der Waals surface area contributed by atoms with E-state index < -0.39 is 16.1 Å². The number of hydrogen-bond acceptors (Lipinski definition) is 4. The summed E-state index contributed by atoms with van der Waals surface area (Å²) in [7, 11) is -3.71. The Hall–Kier alpha value is -2.20. The molecule has 0 aliphatic heterocycles. The van der Waals surface area contributed by atoms with Gasteiger partial charge in [0.15, 0.2) is 0 Å². The Morgan fingerprint density at radius 3 is 2.57 bits per heavy atom. The number of nitrogens with one attached hydrogen (secondary N) is 1. The van der Waals surface area contributed by atoms with Crippen LogP contribution in [-0.4, -0.2) is 20.1 Å². The molecule has 0 spiro atoms. The van der Waals surface area contributed by atoms with Crippen LogP contribution in [0.2, 0.25) is 0 Å². The monoisotopic (exact) mass is 330 g/mol. The maximum atomic E-state index is 12.3. The molecule has 0 aromatic heterocycles. The first-order valence-electron chi connectivity index (χ1n) is 7.17. The second-order valence-electron chi connectivity index (χ2n) is 5.21. The van der Waals surface area contributed by atoms with Crippen molar-refractivity contribution in [3.8, 4) is 6.07 Å². The van der Waals surface area contributed by atoms with E-state index in [2.05, 4.69) is 4.72 Å². The highest BCUT2D eigenvalue weighted by Crippen LogP contribution is 2.18. The Balaban J connectivity index is 2.04. The van der Waals surface area contributed by atoms with Crippen molar-refractivity contribution in [3.05, 3.63) is 65.2 Å². The number of rotatable bonds is 6. The minimum absolute atomic E-state index is 0.0887.